The number of rotatable bonds is 4. The summed E-state index contributed by atoms with van der Waals surface area (Å²) >= 11 is 0. The van der Waals surface area contributed by atoms with Crippen LogP contribution in [0.5, 0.6) is 0 Å². The molecule has 2 N–H and O–H groups in total. The molecule has 2 amide bonds. The van der Waals surface area contributed by atoms with Crippen molar-refractivity contribution in [3.63, 3.8) is 0 Å². The third-order valence-electron chi connectivity index (χ3n) is 4.06. The molecular formula is C21H19N3O2. The Labute approximate surface area is 152 Å². The molecule has 2 aromatic carbocycles. The average Bonchev–Trinajstić information content (AvgIpc) is 2.65. The number of para-hydroxylation sites is 1. The van der Waals surface area contributed by atoms with Crippen molar-refractivity contribution in [2.75, 3.05) is 10.6 Å². The lowest BCUT2D eigenvalue weighted by molar-refractivity contribution is 0.102. The van der Waals surface area contributed by atoms with Gasteiger partial charge in [0.05, 0.1) is 11.1 Å². The Bertz CT molecular complexity index is 952. The highest BCUT2D eigenvalue weighted by Gasteiger charge is 2.12. The summed E-state index contributed by atoms with van der Waals surface area (Å²) in [5.74, 6) is -0.625. The first-order valence-corrected chi connectivity index (χ1v) is 8.23. The zero-order valence-electron chi connectivity index (χ0n) is 14.6. The van der Waals surface area contributed by atoms with E-state index in [0.29, 0.717) is 22.5 Å². The molecule has 1 heterocycles. The molecule has 0 aliphatic heterocycles. The van der Waals surface area contributed by atoms with Gasteiger partial charge in [-0.3, -0.25) is 14.6 Å². The van der Waals surface area contributed by atoms with Crippen LogP contribution < -0.4 is 10.6 Å². The van der Waals surface area contributed by atoms with E-state index in [2.05, 4.69) is 15.6 Å². The molecule has 0 atom stereocenters. The fraction of sp³-hybridized carbons (Fsp3) is 0.0952. The molecule has 5 heteroatoms. The van der Waals surface area contributed by atoms with Crippen molar-refractivity contribution in [3.8, 4) is 0 Å². The maximum Gasteiger partial charge on any atom is 0.257 e. The molecule has 1 aromatic heterocycles. The van der Waals surface area contributed by atoms with Gasteiger partial charge in [-0.2, -0.15) is 0 Å². The molecule has 0 bridgehead atoms. The number of hydrogen-bond acceptors (Lipinski definition) is 3. The second kappa shape index (κ2) is 7.61. The fourth-order valence-electron chi connectivity index (χ4n) is 2.44. The first-order chi connectivity index (χ1) is 12.5. The number of anilines is 2. The minimum Gasteiger partial charge on any atom is -0.322 e. The third kappa shape index (κ3) is 4.13. The number of carbonyl (C=O) groups is 2. The molecule has 0 fully saturated rings. The van der Waals surface area contributed by atoms with E-state index in [0.717, 1.165) is 11.1 Å². The van der Waals surface area contributed by atoms with Crippen LogP contribution >= 0.6 is 0 Å². The van der Waals surface area contributed by atoms with Crippen LogP contribution in [0.15, 0.2) is 67.0 Å². The van der Waals surface area contributed by atoms with Crippen molar-refractivity contribution in [2.24, 2.45) is 0 Å². The lowest BCUT2D eigenvalue weighted by Crippen LogP contribution is -2.16. The Kier molecular flexibility index (Phi) is 5.08. The monoisotopic (exact) mass is 345 g/mol. The van der Waals surface area contributed by atoms with Crippen LogP contribution in [-0.4, -0.2) is 16.8 Å². The predicted octanol–water partition coefficient (Wildman–Crippen LogP) is 4.20. The van der Waals surface area contributed by atoms with Gasteiger partial charge in [-0.15, -0.1) is 0 Å². The number of nitrogens with zero attached hydrogens (tertiary/aromatic N) is 1. The van der Waals surface area contributed by atoms with Crippen molar-refractivity contribution >= 4 is 23.2 Å². The number of benzene rings is 2. The molecule has 0 spiro atoms. The predicted molar refractivity (Wildman–Crippen MR) is 103 cm³/mol. The summed E-state index contributed by atoms with van der Waals surface area (Å²) < 4.78 is 0. The molecule has 5 nitrogen and oxygen atoms in total. The number of aromatic nitrogens is 1. The van der Waals surface area contributed by atoms with E-state index < -0.39 is 0 Å². The number of hydrogen-bond donors (Lipinski definition) is 2. The standard InChI is InChI=1S/C21H19N3O2/c1-14-8-9-19(10-15(14)2)24-21(26)17-11-16(12-22-13-17)20(25)23-18-6-4-3-5-7-18/h3-13H,1-2H3,(H,23,25)(H,24,26). The van der Waals surface area contributed by atoms with Crippen LogP contribution in [0.2, 0.25) is 0 Å². The maximum absolute atomic E-state index is 12.5. The van der Waals surface area contributed by atoms with E-state index in [-0.39, 0.29) is 11.8 Å². The van der Waals surface area contributed by atoms with E-state index in [9.17, 15) is 9.59 Å². The summed E-state index contributed by atoms with van der Waals surface area (Å²) in [5, 5.41) is 5.61. The van der Waals surface area contributed by atoms with Crippen LogP contribution in [0.4, 0.5) is 11.4 Å². The van der Waals surface area contributed by atoms with E-state index in [1.165, 1.54) is 18.5 Å². The van der Waals surface area contributed by atoms with Gasteiger partial charge in [-0.25, -0.2) is 0 Å². The zero-order valence-corrected chi connectivity index (χ0v) is 14.6. The first-order valence-electron chi connectivity index (χ1n) is 8.23. The summed E-state index contributed by atoms with van der Waals surface area (Å²) in [5.41, 5.74) is 4.28. The molecule has 3 rings (SSSR count). The number of nitrogens with one attached hydrogen (secondary N) is 2. The topological polar surface area (TPSA) is 71.1 Å². The third-order valence-corrected chi connectivity index (χ3v) is 4.06. The highest BCUT2D eigenvalue weighted by atomic mass is 16.2. The molecule has 0 radical (unpaired) electrons. The van der Waals surface area contributed by atoms with Crippen molar-refractivity contribution < 1.29 is 9.59 Å². The van der Waals surface area contributed by atoms with Crippen molar-refractivity contribution in [1.82, 2.24) is 4.98 Å². The summed E-state index contributed by atoms with van der Waals surface area (Å²) in [6.45, 7) is 4.00. The molecule has 3 aromatic rings. The van der Waals surface area contributed by atoms with E-state index in [4.69, 9.17) is 0 Å². The molecular weight excluding hydrogens is 326 g/mol. The molecule has 130 valence electrons. The van der Waals surface area contributed by atoms with Gasteiger partial charge in [0, 0.05) is 23.8 Å². The molecule has 26 heavy (non-hydrogen) atoms. The van der Waals surface area contributed by atoms with E-state index in [1.54, 1.807) is 12.1 Å². The smallest absolute Gasteiger partial charge is 0.257 e. The van der Waals surface area contributed by atoms with Gasteiger partial charge in [0.2, 0.25) is 0 Å². The molecule has 0 saturated carbocycles. The maximum atomic E-state index is 12.5. The molecule has 0 aliphatic rings. The zero-order chi connectivity index (χ0) is 18.5. The summed E-state index contributed by atoms with van der Waals surface area (Å²) in [6, 6.07) is 16.4. The van der Waals surface area contributed by atoms with Gasteiger partial charge in [0.15, 0.2) is 0 Å². The average molecular weight is 345 g/mol. The number of pyridine rings is 1. The molecule has 0 aliphatic carbocycles. The Morgan fingerprint density at radius 1 is 0.731 bits per heavy atom. The van der Waals surface area contributed by atoms with Gasteiger partial charge in [-0.05, 0) is 55.3 Å². The minimum absolute atomic E-state index is 0.310. The normalized spacial score (nSPS) is 10.2. The molecule has 0 unspecified atom stereocenters. The van der Waals surface area contributed by atoms with Gasteiger partial charge >= 0.3 is 0 Å². The molecule has 0 saturated heterocycles. The van der Waals surface area contributed by atoms with Crippen LogP contribution in [-0.2, 0) is 0 Å². The first kappa shape index (κ1) is 17.4. The van der Waals surface area contributed by atoms with E-state index >= 15 is 0 Å². The Hall–Kier alpha value is -3.47. The number of amides is 2. The SMILES string of the molecule is Cc1ccc(NC(=O)c2cncc(C(=O)Nc3ccccc3)c2)cc1C. The summed E-state index contributed by atoms with van der Waals surface area (Å²) in [7, 11) is 0. The highest BCUT2D eigenvalue weighted by molar-refractivity contribution is 6.08. The quantitative estimate of drug-likeness (QED) is 0.744. The summed E-state index contributed by atoms with van der Waals surface area (Å²) in [6.07, 6.45) is 2.88. The Balaban J connectivity index is 1.74. The van der Waals surface area contributed by atoms with Crippen molar-refractivity contribution in [3.05, 3.63) is 89.2 Å². The van der Waals surface area contributed by atoms with Gasteiger partial charge in [-0.1, -0.05) is 24.3 Å². The number of carbonyl (C=O) groups excluding carboxylic acids is 2. The lowest BCUT2D eigenvalue weighted by Gasteiger charge is -2.09. The van der Waals surface area contributed by atoms with Crippen LogP contribution in [0.3, 0.4) is 0 Å². The van der Waals surface area contributed by atoms with Crippen molar-refractivity contribution in [2.45, 2.75) is 13.8 Å². The minimum atomic E-state index is -0.315. The van der Waals surface area contributed by atoms with Crippen molar-refractivity contribution in [1.29, 1.82) is 0 Å². The Morgan fingerprint density at radius 3 is 1.96 bits per heavy atom. The highest BCUT2D eigenvalue weighted by Crippen LogP contribution is 2.16. The Morgan fingerprint density at radius 2 is 1.35 bits per heavy atom. The van der Waals surface area contributed by atoms with E-state index in [1.807, 2.05) is 50.2 Å². The lowest BCUT2D eigenvalue weighted by atomic mass is 10.1. The van der Waals surface area contributed by atoms with Gasteiger partial charge in [0.25, 0.3) is 11.8 Å². The fourth-order valence-corrected chi connectivity index (χ4v) is 2.44. The van der Waals surface area contributed by atoms with Crippen LogP contribution in [0.25, 0.3) is 0 Å². The number of aryl methyl sites for hydroxylation is 2. The van der Waals surface area contributed by atoms with Crippen LogP contribution in [0, 0.1) is 13.8 Å². The second-order valence-corrected chi connectivity index (χ2v) is 6.04. The second-order valence-electron chi connectivity index (χ2n) is 6.04. The van der Waals surface area contributed by atoms with Gasteiger partial charge in [0.1, 0.15) is 0 Å². The largest absolute Gasteiger partial charge is 0.322 e. The van der Waals surface area contributed by atoms with Gasteiger partial charge < -0.3 is 10.6 Å². The summed E-state index contributed by atoms with van der Waals surface area (Å²) in [4.78, 5) is 28.8. The van der Waals surface area contributed by atoms with Crippen LogP contribution in [0.1, 0.15) is 31.8 Å².